The maximum Gasteiger partial charge on any atom is 0.0649 e. The van der Waals surface area contributed by atoms with Crippen LogP contribution in [0, 0.1) is 0 Å². The minimum Gasteiger partial charge on any atom is -0.371 e. The molecule has 1 heterocycles. The average molecular weight is 346 g/mol. The number of nitrogens with two attached hydrogens (primary N) is 1. The number of hydrogen-bond donors (Lipinski definition) is 1. The maximum absolute atomic E-state index is 5.99. The predicted octanol–water partition coefficient (Wildman–Crippen LogP) is 4.06. The molecule has 2 N–H and O–H groups in total. The lowest BCUT2D eigenvalue weighted by molar-refractivity contribution is 0.807. The highest BCUT2D eigenvalue weighted by Gasteiger charge is 2.21. The maximum atomic E-state index is 5.99. The Morgan fingerprint density at radius 2 is 1.81 bits per heavy atom. The van der Waals surface area contributed by atoms with Crippen molar-refractivity contribution in [1.82, 2.24) is 0 Å². The number of fused-ring (bicyclic) bond motifs is 1. The van der Waals surface area contributed by atoms with Crippen molar-refractivity contribution < 1.29 is 0 Å². The van der Waals surface area contributed by atoms with Crippen molar-refractivity contribution >= 4 is 33.0 Å². The number of halogens is 1. The van der Waals surface area contributed by atoms with Crippen molar-refractivity contribution in [3.05, 3.63) is 52.5 Å². The van der Waals surface area contributed by atoms with E-state index in [-0.39, 0.29) is 6.04 Å². The first kappa shape index (κ1) is 14.4. The molecule has 21 heavy (non-hydrogen) atoms. The summed E-state index contributed by atoms with van der Waals surface area (Å²) >= 11 is 3.65. The fraction of sp³-hybridized carbons (Fsp3) is 0.294. The van der Waals surface area contributed by atoms with Gasteiger partial charge in [-0.25, -0.2) is 0 Å². The van der Waals surface area contributed by atoms with Crippen LogP contribution in [0.4, 0.5) is 17.1 Å². The van der Waals surface area contributed by atoms with Gasteiger partial charge in [-0.15, -0.1) is 0 Å². The van der Waals surface area contributed by atoms with Crippen LogP contribution < -0.4 is 15.5 Å². The second kappa shape index (κ2) is 5.70. The first-order valence-corrected chi connectivity index (χ1v) is 8.00. The Hall–Kier alpha value is -1.52. The van der Waals surface area contributed by atoms with Crippen molar-refractivity contribution in [3.63, 3.8) is 0 Å². The van der Waals surface area contributed by atoms with Crippen LogP contribution in [0.25, 0.3) is 0 Å². The minimum atomic E-state index is 0.0354. The topological polar surface area (TPSA) is 32.5 Å². The molecular weight excluding hydrogens is 326 g/mol. The quantitative estimate of drug-likeness (QED) is 0.890. The number of benzene rings is 2. The molecule has 3 rings (SSSR count). The Morgan fingerprint density at radius 3 is 2.48 bits per heavy atom. The van der Waals surface area contributed by atoms with E-state index >= 15 is 0 Å². The molecule has 110 valence electrons. The first-order valence-electron chi connectivity index (χ1n) is 7.20. The second-order valence-electron chi connectivity index (χ2n) is 5.56. The van der Waals surface area contributed by atoms with Crippen LogP contribution in [0.5, 0.6) is 0 Å². The van der Waals surface area contributed by atoms with Crippen molar-refractivity contribution in [1.29, 1.82) is 0 Å². The summed E-state index contributed by atoms with van der Waals surface area (Å²) in [7, 11) is 2.14. The van der Waals surface area contributed by atoms with Crippen molar-refractivity contribution in [2.45, 2.75) is 13.0 Å². The van der Waals surface area contributed by atoms with Gasteiger partial charge in [0.25, 0.3) is 0 Å². The van der Waals surface area contributed by atoms with Gasteiger partial charge in [-0.2, -0.15) is 0 Å². The Kier molecular flexibility index (Phi) is 3.91. The number of para-hydroxylation sites is 2. The molecule has 0 aromatic heterocycles. The van der Waals surface area contributed by atoms with Gasteiger partial charge in [0.05, 0.1) is 11.4 Å². The molecule has 0 bridgehead atoms. The SMILES string of the molecule is CC(N)c1ccc(N2CCN(C)c3ccccc32)cc1Br. The monoisotopic (exact) mass is 345 g/mol. The predicted molar refractivity (Wildman–Crippen MR) is 93.5 cm³/mol. The molecule has 0 radical (unpaired) electrons. The van der Waals surface area contributed by atoms with Crippen LogP contribution in [0.15, 0.2) is 46.9 Å². The molecule has 0 fully saturated rings. The van der Waals surface area contributed by atoms with Crippen molar-refractivity contribution in [2.75, 3.05) is 29.9 Å². The van der Waals surface area contributed by atoms with Gasteiger partial charge in [0.1, 0.15) is 0 Å². The van der Waals surface area contributed by atoms with Gasteiger partial charge in [-0.3, -0.25) is 0 Å². The van der Waals surface area contributed by atoms with Crippen molar-refractivity contribution in [2.24, 2.45) is 5.73 Å². The Morgan fingerprint density at radius 1 is 1.10 bits per heavy atom. The average Bonchev–Trinajstić information content (AvgIpc) is 2.47. The number of nitrogens with zero attached hydrogens (tertiary/aromatic N) is 2. The zero-order chi connectivity index (χ0) is 15.0. The summed E-state index contributed by atoms with van der Waals surface area (Å²) in [6.45, 7) is 4.01. The second-order valence-corrected chi connectivity index (χ2v) is 6.41. The largest absolute Gasteiger partial charge is 0.371 e. The third-order valence-electron chi connectivity index (χ3n) is 4.03. The number of hydrogen-bond acceptors (Lipinski definition) is 3. The molecule has 0 amide bonds. The van der Waals surface area contributed by atoms with Gasteiger partial charge in [0, 0.05) is 36.3 Å². The van der Waals surface area contributed by atoms with E-state index in [0.29, 0.717) is 0 Å². The van der Waals surface area contributed by atoms with Gasteiger partial charge < -0.3 is 15.5 Å². The van der Waals surface area contributed by atoms with Gasteiger partial charge >= 0.3 is 0 Å². The normalized spacial score (nSPS) is 15.8. The summed E-state index contributed by atoms with van der Waals surface area (Å²) in [5.74, 6) is 0. The highest BCUT2D eigenvalue weighted by Crippen LogP contribution is 2.38. The summed E-state index contributed by atoms with van der Waals surface area (Å²) in [6.07, 6.45) is 0. The van der Waals surface area contributed by atoms with Crippen molar-refractivity contribution in [3.8, 4) is 0 Å². The summed E-state index contributed by atoms with van der Waals surface area (Å²) in [6, 6.07) is 15.0. The van der Waals surface area contributed by atoms with E-state index in [1.54, 1.807) is 0 Å². The number of rotatable bonds is 2. The highest BCUT2D eigenvalue weighted by atomic mass is 79.9. The molecular formula is C17H20BrN3. The van der Waals surface area contributed by atoms with Gasteiger partial charge in [0.2, 0.25) is 0 Å². The van der Waals surface area contributed by atoms with E-state index in [0.717, 1.165) is 23.1 Å². The molecule has 0 saturated carbocycles. The third kappa shape index (κ3) is 2.65. The lowest BCUT2D eigenvalue weighted by atomic mass is 10.1. The molecule has 3 nitrogen and oxygen atoms in total. The number of likely N-dealkylation sites (N-methyl/N-ethyl adjacent to an activating group) is 1. The van der Waals surface area contributed by atoms with Crippen LogP contribution in [-0.2, 0) is 0 Å². The molecule has 2 aromatic rings. The van der Waals surface area contributed by atoms with E-state index in [2.05, 4.69) is 75.2 Å². The van der Waals surface area contributed by atoms with Crippen LogP contribution in [0.3, 0.4) is 0 Å². The summed E-state index contributed by atoms with van der Waals surface area (Å²) in [5.41, 5.74) is 10.9. The van der Waals surface area contributed by atoms with Crippen LogP contribution in [-0.4, -0.2) is 20.1 Å². The fourth-order valence-electron chi connectivity index (χ4n) is 2.83. The van der Waals surface area contributed by atoms with E-state index in [4.69, 9.17) is 5.73 Å². The fourth-order valence-corrected chi connectivity index (χ4v) is 3.56. The van der Waals surface area contributed by atoms with Gasteiger partial charge in [-0.1, -0.05) is 34.1 Å². The summed E-state index contributed by atoms with van der Waals surface area (Å²) in [4.78, 5) is 4.67. The molecule has 1 unspecified atom stereocenters. The van der Waals surface area contributed by atoms with Gasteiger partial charge in [0.15, 0.2) is 0 Å². The Bertz CT molecular complexity index is 654. The zero-order valence-corrected chi connectivity index (χ0v) is 14.0. The Balaban J connectivity index is 2.02. The molecule has 1 aliphatic heterocycles. The molecule has 0 saturated heterocycles. The zero-order valence-electron chi connectivity index (χ0n) is 12.4. The van der Waals surface area contributed by atoms with Crippen LogP contribution >= 0.6 is 15.9 Å². The first-order chi connectivity index (χ1) is 10.1. The van der Waals surface area contributed by atoms with Gasteiger partial charge in [-0.05, 0) is 36.8 Å². The van der Waals surface area contributed by atoms with E-state index in [1.807, 2.05) is 6.92 Å². The molecule has 1 atom stereocenters. The van der Waals surface area contributed by atoms with Crippen LogP contribution in [0.2, 0.25) is 0 Å². The van der Waals surface area contributed by atoms with E-state index in [1.165, 1.54) is 17.1 Å². The standard InChI is InChI=1S/C17H20BrN3/c1-12(19)14-8-7-13(11-15(14)18)21-10-9-20(2)16-5-3-4-6-17(16)21/h3-8,11-12H,9-10,19H2,1-2H3. The minimum absolute atomic E-state index is 0.0354. The number of anilines is 3. The van der Waals surface area contributed by atoms with E-state index in [9.17, 15) is 0 Å². The third-order valence-corrected chi connectivity index (χ3v) is 4.72. The molecule has 4 heteroatoms. The lowest BCUT2D eigenvalue weighted by Gasteiger charge is -2.37. The van der Waals surface area contributed by atoms with Crippen LogP contribution in [0.1, 0.15) is 18.5 Å². The highest BCUT2D eigenvalue weighted by molar-refractivity contribution is 9.10. The molecule has 0 aliphatic carbocycles. The molecule has 2 aromatic carbocycles. The van der Waals surface area contributed by atoms with E-state index < -0.39 is 0 Å². The molecule has 0 spiro atoms. The lowest BCUT2D eigenvalue weighted by Crippen LogP contribution is -2.36. The smallest absolute Gasteiger partial charge is 0.0649 e. The summed E-state index contributed by atoms with van der Waals surface area (Å²) in [5, 5.41) is 0. The summed E-state index contributed by atoms with van der Waals surface area (Å²) < 4.78 is 1.08. The molecule has 1 aliphatic rings. The Labute approximate surface area is 134 Å².